The second-order valence-electron chi connectivity index (χ2n) is 3.80. The average molecular weight is 227 g/mol. The maximum atomic E-state index is 5.97. The molecule has 4 nitrogen and oxygen atoms in total. The fraction of sp³-hybridized carbons (Fsp3) is 0.600. The normalized spacial score (nSPS) is 15.1. The Morgan fingerprint density at radius 3 is 3.00 bits per heavy atom. The molecule has 1 saturated carbocycles. The monoisotopic (exact) mass is 226 g/mol. The molecule has 1 aromatic rings. The topological polar surface area (TPSA) is 49.8 Å². The smallest absolute Gasteiger partial charge is 0.224 e. The maximum Gasteiger partial charge on any atom is 0.224 e. The van der Waals surface area contributed by atoms with Gasteiger partial charge in [-0.05, 0) is 12.3 Å². The lowest BCUT2D eigenvalue weighted by molar-refractivity contribution is 0.758. The van der Waals surface area contributed by atoms with Crippen molar-refractivity contribution >= 4 is 23.4 Å². The zero-order chi connectivity index (χ0) is 10.7. The van der Waals surface area contributed by atoms with Gasteiger partial charge in [-0.1, -0.05) is 24.4 Å². The van der Waals surface area contributed by atoms with E-state index in [1.54, 1.807) is 13.2 Å². The fourth-order valence-corrected chi connectivity index (χ4v) is 1.57. The van der Waals surface area contributed by atoms with Gasteiger partial charge in [0.25, 0.3) is 0 Å². The zero-order valence-electron chi connectivity index (χ0n) is 8.76. The van der Waals surface area contributed by atoms with Crippen molar-refractivity contribution < 1.29 is 0 Å². The van der Waals surface area contributed by atoms with Crippen LogP contribution in [0.15, 0.2) is 6.20 Å². The van der Waals surface area contributed by atoms with Crippen LogP contribution in [0.5, 0.6) is 0 Å². The van der Waals surface area contributed by atoms with Crippen molar-refractivity contribution in [2.24, 2.45) is 5.92 Å². The van der Waals surface area contributed by atoms with Crippen LogP contribution in [-0.2, 0) is 0 Å². The molecule has 15 heavy (non-hydrogen) atoms. The molecule has 0 aromatic carbocycles. The van der Waals surface area contributed by atoms with E-state index in [0.717, 1.165) is 18.3 Å². The van der Waals surface area contributed by atoms with Gasteiger partial charge in [0, 0.05) is 13.6 Å². The summed E-state index contributed by atoms with van der Waals surface area (Å²) in [6.07, 6.45) is 5.57. The van der Waals surface area contributed by atoms with Gasteiger partial charge in [0.2, 0.25) is 5.95 Å². The standard InChI is InChI=1S/C10H15ClN4/c1-12-10-14-6-8(11)9(15-10)13-5-4-7-2-3-7/h6-7H,2-5H2,1H3,(H2,12,13,14,15). The molecule has 0 atom stereocenters. The lowest BCUT2D eigenvalue weighted by Gasteiger charge is -2.07. The van der Waals surface area contributed by atoms with Crippen LogP contribution in [0.4, 0.5) is 11.8 Å². The molecule has 0 amide bonds. The van der Waals surface area contributed by atoms with Crippen molar-refractivity contribution in [3.05, 3.63) is 11.2 Å². The fourth-order valence-electron chi connectivity index (χ4n) is 1.41. The molecule has 2 rings (SSSR count). The highest BCUT2D eigenvalue weighted by Gasteiger charge is 2.20. The molecule has 0 bridgehead atoms. The minimum Gasteiger partial charge on any atom is -0.369 e. The quantitative estimate of drug-likeness (QED) is 0.810. The van der Waals surface area contributed by atoms with Crippen LogP contribution in [0.25, 0.3) is 0 Å². The molecule has 0 saturated heterocycles. The molecule has 2 N–H and O–H groups in total. The maximum absolute atomic E-state index is 5.97. The third-order valence-electron chi connectivity index (χ3n) is 2.51. The van der Waals surface area contributed by atoms with Crippen LogP contribution in [0.1, 0.15) is 19.3 Å². The molecule has 1 aromatic heterocycles. The Kier molecular flexibility index (Phi) is 3.26. The summed E-state index contributed by atoms with van der Waals surface area (Å²) in [6, 6.07) is 0. The summed E-state index contributed by atoms with van der Waals surface area (Å²) >= 11 is 5.97. The largest absolute Gasteiger partial charge is 0.369 e. The molecule has 0 aliphatic heterocycles. The summed E-state index contributed by atoms with van der Waals surface area (Å²) in [5.41, 5.74) is 0. The van der Waals surface area contributed by atoms with Gasteiger partial charge in [-0.3, -0.25) is 0 Å². The Hall–Kier alpha value is -1.03. The summed E-state index contributed by atoms with van der Waals surface area (Å²) in [7, 11) is 1.79. The minimum atomic E-state index is 0.574. The molecule has 0 radical (unpaired) electrons. The summed E-state index contributed by atoms with van der Waals surface area (Å²) in [5.74, 6) is 2.23. The lowest BCUT2D eigenvalue weighted by atomic mass is 10.3. The number of rotatable bonds is 5. The summed E-state index contributed by atoms with van der Waals surface area (Å²) in [6.45, 7) is 0.935. The molecule has 0 unspecified atom stereocenters. The highest BCUT2D eigenvalue weighted by Crippen LogP contribution is 2.32. The second-order valence-corrected chi connectivity index (χ2v) is 4.21. The van der Waals surface area contributed by atoms with Gasteiger partial charge in [0.1, 0.15) is 10.8 Å². The van der Waals surface area contributed by atoms with Crippen LogP contribution < -0.4 is 10.6 Å². The summed E-state index contributed by atoms with van der Waals surface area (Å²) < 4.78 is 0. The molecule has 0 spiro atoms. The molecule has 1 aliphatic carbocycles. The molecule has 1 heterocycles. The summed E-state index contributed by atoms with van der Waals surface area (Å²) in [4.78, 5) is 8.26. The van der Waals surface area contributed by atoms with Gasteiger partial charge in [0.05, 0.1) is 6.20 Å². The van der Waals surface area contributed by atoms with Gasteiger partial charge in [0.15, 0.2) is 0 Å². The number of nitrogens with zero attached hydrogens (tertiary/aromatic N) is 2. The predicted molar refractivity (Wildman–Crippen MR) is 62.4 cm³/mol. The first-order chi connectivity index (χ1) is 7.29. The van der Waals surface area contributed by atoms with Crippen molar-refractivity contribution in [2.75, 3.05) is 24.2 Å². The highest BCUT2D eigenvalue weighted by atomic mass is 35.5. The minimum absolute atomic E-state index is 0.574. The first-order valence-electron chi connectivity index (χ1n) is 5.23. The van der Waals surface area contributed by atoms with Crippen LogP contribution in [0.2, 0.25) is 5.02 Å². The third kappa shape index (κ3) is 2.96. The SMILES string of the molecule is CNc1ncc(Cl)c(NCCC2CC2)n1. The summed E-state index contributed by atoms with van der Waals surface area (Å²) in [5, 5.41) is 6.70. The van der Waals surface area contributed by atoms with E-state index in [2.05, 4.69) is 20.6 Å². The van der Waals surface area contributed by atoms with Gasteiger partial charge in [-0.2, -0.15) is 4.98 Å². The molecule has 5 heteroatoms. The highest BCUT2D eigenvalue weighted by molar-refractivity contribution is 6.32. The number of nitrogens with one attached hydrogen (secondary N) is 2. The number of aromatic nitrogens is 2. The van der Waals surface area contributed by atoms with Crippen molar-refractivity contribution in [2.45, 2.75) is 19.3 Å². The Balaban J connectivity index is 1.92. The van der Waals surface area contributed by atoms with E-state index < -0.39 is 0 Å². The van der Waals surface area contributed by atoms with Crippen LogP contribution in [0, 0.1) is 5.92 Å². The second kappa shape index (κ2) is 4.66. The van der Waals surface area contributed by atoms with Crippen molar-refractivity contribution in [3.8, 4) is 0 Å². The molecule has 1 aliphatic rings. The average Bonchev–Trinajstić information content (AvgIpc) is 3.05. The van der Waals surface area contributed by atoms with E-state index in [1.165, 1.54) is 19.3 Å². The Bertz CT molecular complexity index is 338. The van der Waals surface area contributed by atoms with Crippen LogP contribution in [0.3, 0.4) is 0 Å². The van der Waals surface area contributed by atoms with Gasteiger partial charge in [-0.25, -0.2) is 4.98 Å². The first kappa shape index (κ1) is 10.5. The van der Waals surface area contributed by atoms with Crippen molar-refractivity contribution in [3.63, 3.8) is 0 Å². The predicted octanol–water partition coefficient (Wildman–Crippen LogP) is 2.38. The van der Waals surface area contributed by atoms with E-state index in [0.29, 0.717) is 11.0 Å². The van der Waals surface area contributed by atoms with E-state index in [1.807, 2.05) is 0 Å². The molecular weight excluding hydrogens is 212 g/mol. The van der Waals surface area contributed by atoms with E-state index in [4.69, 9.17) is 11.6 Å². The van der Waals surface area contributed by atoms with E-state index >= 15 is 0 Å². The number of hydrogen-bond donors (Lipinski definition) is 2. The van der Waals surface area contributed by atoms with Crippen LogP contribution in [-0.4, -0.2) is 23.6 Å². The zero-order valence-corrected chi connectivity index (χ0v) is 9.51. The van der Waals surface area contributed by atoms with Crippen molar-refractivity contribution in [1.29, 1.82) is 0 Å². The van der Waals surface area contributed by atoms with Gasteiger partial charge >= 0.3 is 0 Å². The van der Waals surface area contributed by atoms with E-state index in [-0.39, 0.29) is 0 Å². The van der Waals surface area contributed by atoms with Gasteiger partial charge in [-0.15, -0.1) is 0 Å². The van der Waals surface area contributed by atoms with Crippen molar-refractivity contribution in [1.82, 2.24) is 9.97 Å². The van der Waals surface area contributed by atoms with E-state index in [9.17, 15) is 0 Å². The lowest BCUT2D eigenvalue weighted by Crippen LogP contribution is -2.06. The van der Waals surface area contributed by atoms with Gasteiger partial charge < -0.3 is 10.6 Å². The molecular formula is C10H15ClN4. The number of halogens is 1. The Morgan fingerprint density at radius 2 is 2.33 bits per heavy atom. The first-order valence-corrected chi connectivity index (χ1v) is 5.61. The molecule has 1 fully saturated rings. The third-order valence-corrected chi connectivity index (χ3v) is 2.79. The molecule has 82 valence electrons. The number of hydrogen-bond acceptors (Lipinski definition) is 4. The number of anilines is 2. The Morgan fingerprint density at radius 1 is 1.53 bits per heavy atom. The van der Waals surface area contributed by atoms with Crippen LogP contribution >= 0.6 is 11.6 Å². The Labute approximate surface area is 94.5 Å².